The van der Waals surface area contributed by atoms with Crippen molar-refractivity contribution in [2.75, 3.05) is 14.2 Å². The normalized spacial score (nSPS) is 11.1. The van der Waals surface area contributed by atoms with Gasteiger partial charge in [0.2, 0.25) is 0 Å². The van der Waals surface area contributed by atoms with Gasteiger partial charge in [-0.3, -0.25) is 0 Å². The van der Waals surface area contributed by atoms with E-state index in [1.54, 1.807) is 14.2 Å². The molecule has 0 spiro atoms. The summed E-state index contributed by atoms with van der Waals surface area (Å²) in [6.07, 6.45) is 2.15. The minimum atomic E-state index is 0.670. The van der Waals surface area contributed by atoms with Crippen LogP contribution in [0.5, 0.6) is 11.5 Å². The Labute approximate surface area is 174 Å². The summed E-state index contributed by atoms with van der Waals surface area (Å²) in [5.41, 5.74) is 6.06. The highest BCUT2D eigenvalue weighted by Crippen LogP contribution is 2.39. The van der Waals surface area contributed by atoms with E-state index in [-0.39, 0.29) is 0 Å². The number of fused-ring (bicyclic) bond motifs is 3. The van der Waals surface area contributed by atoms with Crippen molar-refractivity contribution in [1.82, 2.24) is 14.8 Å². The van der Waals surface area contributed by atoms with Crippen LogP contribution in [0.1, 0.15) is 5.56 Å². The fraction of sp³-hybridized carbons (Fsp3) is 0.120. The van der Waals surface area contributed by atoms with Crippen molar-refractivity contribution in [3.8, 4) is 34.0 Å². The summed E-state index contributed by atoms with van der Waals surface area (Å²) in [4.78, 5) is 0. The van der Waals surface area contributed by atoms with E-state index in [1.807, 2.05) is 30.3 Å². The van der Waals surface area contributed by atoms with Gasteiger partial charge in [0.1, 0.15) is 11.4 Å². The molecule has 2 aliphatic heterocycles. The van der Waals surface area contributed by atoms with E-state index in [2.05, 4.69) is 63.4 Å². The minimum absolute atomic E-state index is 0.670. The summed E-state index contributed by atoms with van der Waals surface area (Å²) in [6.45, 7) is 0.772. The second-order valence-electron chi connectivity index (χ2n) is 7.14. The SMILES string of the molecule is COc1ccc(-c2nnc3c4ccccc4n(Cc4ccccc4)cc2-3)cc1OC. The van der Waals surface area contributed by atoms with Crippen LogP contribution in [0.25, 0.3) is 33.4 Å². The largest absolute Gasteiger partial charge is 0.493 e. The van der Waals surface area contributed by atoms with Gasteiger partial charge in [0.15, 0.2) is 11.5 Å². The fourth-order valence-corrected chi connectivity index (χ4v) is 3.90. The van der Waals surface area contributed by atoms with Gasteiger partial charge in [0.05, 0.1) is 19.7 Å². The van der Waals surface area contributed by atoms with E-state index < -0.39 is 0 Å². The molecule has 2 heterocycles. The molecule has 3 aromatic carbocycles. The van der Waals surface area contributed by atoms with Crippen LogP contribution in [-0.4, -0.2) is 29.0 Å². The molecule has 30 heavy (non-hydrogen) atoms. The number of nitrogens with zero attached hydrogens (tertiary/aromatic N) is 3. The molecule has 0 aromatic heterocycles. The molecular formula is C25H21N3O2. The Morgan fingerprint density at radius 2 is 1.50 bits per heavy atom. The summed E-state index contributed by atoms with van der Waals surface area (Å²) in [5.74, 6) is 1.36. The maximum Gasteiger partial charge on any atom is 0.161 e. The summed E-state index contributed by atoms with van der Waals surface area (Å²) < 4.78 is 13.1. The maximum atomic E-state index is 5.48. The van der Waals surface area contributed by atoms with Gasteiger partial charge in [0.25, 0.3) is 0 Å². The molecule has 0 bridgehead atoms. The van der Waals surface area contributed by atoms with E-state index in [9.17, 15) is 0 Å². The Balaban J connectivity index is 1.70. The molecule has 148 valence electrons. The van der Waals surface area contributed by atoms with Gasteiger partial charge in [-0.1, -0.05) is 48.5 Å². The van der Waals surface area contributed by atoms with E-state index in [1.165, 1.54) is 5.56 Å². The Hall–Kier alpha value is -3.86. The topological polar surface area (TPSA) is 49.2 Å². The van der Waals surface area contributed by atoms with Crippen molar-refractivity contribution in [2.24, 2.45) is 0 Å². The minimum Gasteiger partial charge on any atom is -0.493 e. The number of hydrogen-bond donors (Lipinski definition) is 0. The molecule has 2 aliphatic rings. The third kappa shape index (κ3) is 3.05. The third-order valence-electron chi connectivity index (χ3n) is 5.37. The van der Waals surface area contributed by atoms with Crippen molar-refractivity contribution in [3.63, 3.8) is 0 Å². The molecule has 5 nitrogen and oxygen atoms in total. The number of benzene rings is 3. The Morgan fingerprint density at radius 3 is 2.30 bits per heavy atom. The smallest absolute Gasteiger partial charge is 0.161 e. The van der Waals surface area contributed by atoms with Gasteiger partial charge in [0, 0.05) is 29.3 Å². The molecule has 0 amide bonds. The predicted octanol–water partition coefficient (Wildman–Crippen LogP) is 5.27. The van der Waals surface area contributed by atoms with Crippen LogP contribution >= 0.6 is 0 Å². The summed E-state index contributed by atoms with van der Waals surface area (Å²) in [5, 5.41) is 10.2. The van der Waals surface area contributed by atoms with Gasteiger partial charge in [-0.25, -0.2) is 0 Å². The highest BCUT2D eigenvalue weighted by Gasteiger charge is 2.21. The molecule has 0 radical (unpaired) electrons. The zero-order valence-corrected chi connectivity index (χ0v) is 16.9. The van der Waals surface area contributed by atoms with E-state index in [0.29, 0.717) is 11.5 Å². The summed E-state index contributed by atoms with van der Waals surface area (Å²) >= 11 is 0. The number of methoxy groups -OCH3 is 2. The molecule has 0 unspecified atom stereocenters. The molecule has 0 saturated heterocycles. The van der Waals surface area contributed by atoms with Gasteiger partial charge in [-0.15, -0.1) is 10.2 Å². The maximum absolute atomic E-state index is 5.48. The zero-order chi connectivity index (χ0) is 20.5. The van der Waals surface area contributed by atoms with Crippen molar-refractivity contribution >= 4 is 10.9 Å². The molecule has 0 fully saturated rings. The number of aromatic nitrogens is 3. The molecular weight excluding hydrogens is 374 g/mol. The molecule has 0 N–H and O–H groups in total. The van der Waals surface area contributed by atoms with Gasteiger partial charge in [-0.05, 0) is 29.8 Å². The molecule has 0 atom stereocenters. The Morgan fingerprint density at radius 1 is 0.767 bits per heavy atom. The number of ether oxygens (including phenoxy) is 2. The molecule has 5 rings (SSSR count). The van der Waals surface area contributed by atoms with Crippen molar-refractivity contribution in [1.29, 1.82) is 0 Å². The third-order valence-corrected chi connectivity index (χ3v) is 5.37. The number of rotatable bonds is 5. The highest BCUT2D eigenvalue weighted by atomic mass is 16.5. The first kappa shape index (κ1) is 18.2. The molecule has 0 saturated carbocycles. The average Bonchev–Trinajstić information content (AvgIpc) is 3.23. The first-order valence-electron chi connectivity index (χ1n) is 9.79. The quantitative estimate of drug-likeness (QED) is 0.407. The highest BCUT2D eigenvalue weighted by molar-refractivity contribution is 5.98. The Bertz CT molecular complexity index is 1290. The van der Waals surface area contributed by atoms with Crippen LogP contribution in [0.2, 0.25) is 0 Å². The van der Waals surface area contributed by atoms with Crippen LogP contribution < -0.4 is 9.47 Å². The number of hydrogen-bond acceptors (Lipinski definition) is 4. The summed E-state index contributed by atoms with van der Waals surface area (Å²) in [7, 11) is 3.27. The van der Waals surface area contributed by atoms with Gasteiger partial charge < -0.3 is 14.0 Å². The molecule has 0 aliphatic carbocycles. The standard InChI is InChI=1S/C25H21N3O2/c1-29-22-13-12-18(14-23(22)30-2)24-20-16-28(15-17-8-4-3-5-9-17)21-11-7-6-10-19(21)25(20)27-26-24/h3-14,16H,15H2,1-2H3. The predicted molar refractivity (Wildman–Crippen MR) is 118 cm³/mol. The monoisotopic (exact) mass is 395 g/mol. The summed E-state index contributed by atoms with van der Waals surface area (Å²) in [6, 6.07) is 24.6. The lowest BCUT2D eigenvalue weighted by Crippen LogP contribution is -2.04. The van der Waals surface area contributed by atoms with Crippen molar-refractivity contribution in [3.05, 3.63) is 84.6 Å². The van der Waals surface area contributed by atoms with Crippen LogP contribution in [-0.2, 0) is 6.54 Å². The van der Waals surface area contributed by atoms with Crippen LogP contribution in [0.3, 0.4) is 0 Å². The second kappa shape index (κ2) is 7.52. The van der Waals surface area contributed by atoms with Crippen LogP contribution in [0, 0.1) is 0 Å². The van der Waals surface area contributed by atoms with Crippen LogP contribution in [0.15, 0.2) is 79.0 Å². The van der Waals surface area contributed by atoms with E-state index >= 15 is 0 Å². The fourth-order valence-electron chi connectivity index (χ4n) is 3.90. The molecule has 5 heteroatoms. The number of pyridine rings is 1. The first-order valence-corrected chi connectivity index (χ1v) is 9.79. The lowest BCUT2D eigenvalue weighted by Gasteiger charge is -2.15. The van der Waals surface area contributed by atoms with Crippen molar-refractivity contribution < 1.29 is 9.47 Å². The zero-order valence-electron chi connectivity index (χ0n) is 16.9. The number of para-hydroxylation sites is 1. The van der Waals surface area contributed by atoms with Gasteiger partial charge >= 0.3 is 0 Å². The van der Waals surface area contributed by atoms with Gasteiger partial charge in [-0.2, -0.15) is 0 Å². The van der Waals surface area contributed by atoms with E-state index in [4.69, 9.17) is 9.47 Å². The molecule has 3 aromatic rings. The lowest BCUT2D eigenvalue weighted by atomic mass is 10.0. The average molecular weight is 395 g/mol. The first-order chi connectivity index (χ1) is 14.8. The van der Waals surface area contributed by atoms with Crippen molar-refractivity contribution in [2.45, 2.75) is 6.54 Å². The van der Waals surface area contributed by atoms with Crippen LogP contribution in [0.4, 0.5) is 0 Å². The Kier molecular flexibility index (Phi) is 4.56. The van der Waals surface area contributed by atoms with E-state index in [0.717, 1.165) is 40.0 Å². The lowest BCUT2D eigenvalue weighted by molar-refractivity contribution is 0.355. The second-order valence-corrected chi connectivity index (χ2v) is 7.14.